The van der Waals surface area contributed by atoms with E-state index in [0.29, 0.717) is 0 Å². The first kappa shape index (κ1) is 7.38. The Labute approximate surface area is 80.1 Å². The van der Waals surface area contributed by atoms with Crippen molar-refractivity contribution in [3.8, 4) is 0 Å². The fourth-order valence-corrected chi connectivity index (χ4v) is 1.71. The molecule has 0 fully saturated rings. The van der Waals surface area contributed by atoms with E-state index >= 15 is 0 Å². The maximum absolute atomic E-state index is 5.89. The van der Waals surface area contributed by atoms with Gasteiger partial charge < -0.3 is 10.2 Å². The predicted molar refractivity (Wildman–Crippen MR) is 55.9 cm³/mol. The molecule has 2 heterocycles. The number of nitrogens with zero attached hydrogens (tertiary/aromatic N) is 1. The Morgan fingerprint density at radius 1 is 1.14 bits per heavy atom. The lowest BCUT2D eigenvalue weighted by atomic mass is 10.1. The van der Waals surface area contributed by atoms with E-state index in [-0.39, 0.29) is 0 Å². The molecule has 0 spiro atoms. The van der Waals surface area contributed by atoms with Gasteiger partial charge in [0.05, 0.1) is 11.6 Å². The topological polar surface area (TPSA) is 52.0 Å². The maximum Gasteiger partial charge on any atom is 0.153 e. The normalized spacial score (nSPS) is 11.1. The average molecular weight is 184 g/mol. The summed E-state index contributed by atoms with van der Waals surface area (Å²) >= 11 is 0. The number of benzene rings is 1. The molecule has 0 saturated carbocycles. The number of rotatable bonds is 0. The minimum Gasteiger partial charge on any atom is -0.454 e. The van der Waals surface area contributed by atoms with Crippen LogP contribution in [0.25, 0.3) is 21.9 Å². The van der Waals surface area contributed by atoms with Crippen LogP contribution in [0.3, 0.4) is 0 Å². The summed E-state index contributed by atoms with van der Waals surface area (Å²) in [7, 11) is 0. The van der Waals surface area contributed by atoms with Crippen LogP contribution in [-0.2, 0) is 0 Å². The Morgan fingerprint density at radius 3 is 3.00 bits per heavy atom. The van der Waals surface area contributed by atoms with E-state index < -0.39 is 0 Å². The van der Waals surface area contributed by atoms with Crippen LogP contribution >= 0.6 is 0 Å². The third kappa shape index (κ3) is 0.836. The van der Waals surface area contributed by atoms with E-state index in [1.807, 2.05) is 24.3 Å². The van der Waals surface area contributed by atoms with Crippen molar-refractivity contribution in [2.75, 3.05) is 5.73 Å². The molecule has 0 amide bonds. The number of nitrogens with two attached hydrogens (primary N) is 1. The van der Waals surface area contributed by atoms with Crippen molar-refractivity contribution in [3.63, 3.8) is 0 Å². The number of hydrogen-bond donors (Lipinski definition) is 1. The van der Waals surface area contributed by atoms with Crippen molar-refractivity contribution in [2.45, 2.75) is 0 Å². The monoisotopic (exact) mass is 184 g/mol. The third-order valence-corrected chi connectivity index (χ3v) is 2.33. The molecule has 0 bridgehead atoms. The standard InChI is InChI=1S/C11H8N2O/c12-8-2-1-3-9-11(8)7-4-5-13-6-10(7)14-9/h1-6H,12H2. The molecule has 0 saturated heterocycles. The fraction of sp³-hybridized carbons (Fsp3) is 0. The van der Waals surface area contributed by atoms with Gasteiger partial charge >= 0.3 is 0 Å². The maximum atomic E-state index is 5.89. The number of aromatic nitrogens is 1. The minimum atomic E-state index is 0.743. The number of hydrogen-bond acceptors (Lipinski definition) is 3. The van der Waals surface area contributed by atoms with Gasteiger partial charge in [0.1, 0.15) is 5.58 Å². The zero-order valence-electron chi connectivity index (χ0n) is 7.40. The van der Waals surface area contributed by atoms with E-state index in [2.05, 4.69) is 4.98 Å². The Balaban J connectivity index is 2.65. The summed E-state index contributed by atoms with van der Waals surface area (Å²) in [4.78, 5) is 4.00. The molecule has 3 rings (SSSR count). The first-order valence-corrected chi connectivity index (χ1v) is 4.37. The van der Waals surface area contributed by atoms with Gasteiger partial charge in [-0.2, -0.15) is 0 Å². The molecule has 14 heavy (non-hydrogen) atoms. The van der Waals surface area contributed by atoms with Gasteiger partial charge in [-0.3, -0.25) is 4.98 Å². The van der Waals surface area contributed by atoms with Crippen LogP contribution in [0.15, 0.2) is 41.1 Å². The molecule has 2 N–H and O–H groups in total. The van der Waals surface area contributed by atoms with Gasteiger partial charge in [0.15, 0.2) is 5.58 Å². The molecule has 0 aliphatic carbocycles. The second kappa shape index (κ2) is 2.48. The van der Waals surface area contributed by atoms with Gasteiger partial charge in [-0.15, -0.1) is 0 Å². The first-order valence-electron chi connectivity index (χ1n) is 4.37. The smallest absolute Gasteiger partial charge is 0.153 e. The first-order chi connectivity index (χ1) is 6.86. The molecular formula is C11H8N2O. The lowest BCUT2D eigenvalue weighted by Crippen LogP contribution is -1.83. The van der Waals surface area contributed by atoms with Gasteiger partial charge in [-0.1, -0.05) is 6.07 Å². The SMILES string of the molecule is Nc1cccc2oc3cnccc3c12. The number of anilines is 1. The number of pyridine rings is 1. The Hall–Kier alpha value is -2.03. The van der Waals surface area contributed by atoms with Gasteiger partial charge in [0.25, 0.3) is 0 Å². The summed E-state index contributed by atoms with van der Waals surface area (Å²) in [6, 6.07) is 7.58. The highest BCUT2D eigenvalue weighted by Gasteiger charge is 2.07. The van der Waals surface area contributed by atoms with Crippen LogP contribution in [0.2, 0.25) is 0 Å². The van der Waals surface area contributed by atoms with Crippen molar-refractivity contribution < 1.29 is 4.42 Å². The summed E-state index contributed by atoms with van der Waals surface area (Å²) < 4.78 is 5.59. The molecule has 3 aromatic rings. The average Bonchev–Trinajstić information content (AvgIpc) is 2.57. The lowest BCUT2D eigenvalue weighted by molar-refractivity contribution is 0.667. The Kier molecular flexibility index (Phi) is 1.31. The molecule has 0 radical (unpaired) electrons. The second-order valence-corrected chi connectivity index (χ2v) is 3.19. The van der Waals surface area contributed by atoms with E-state index in [4.69, 9.17) is 10.2 Å². The molecule has 0 unspecified atom stereocenters. The quantitative estimate of drug-likeness (QED) is 0.546. The van der Waals surface area contributed by atoms with Crippen molar-refractivity contribution in [3.05, 3.63) is 36.7 Å². The van der Waals surface area contributed by atoms with Gasteiger partial charge in [-0.25, -0.2) is 0 Å². The van der Waals surface area contributed by atoms with E-state index in [1.54, 1.807) is 12.4 Å². The lowest BCUT2D eigenvalue weighted by Gasteiger charge is -1.93. The minimum absolute atomic E-state index is 0.743. The molecular weight excluding hydrogens is 176 g/mol. The molecule has 2 aromatic heterocycles. The molecule has 0 aliphatic heterocycles. The van der Waals surface area contributed by atoms with Gasteiger partial charge in [-0.05, 0) is 18.2 Å². The van der Waals surface area contributed by atoms with Crippen molar-refractivity contribution in [1.82, 2.24) is 4.98 Å². The Morgan fingerprint density at radius 2 is 2.07 bits per heavy atom. The second-order valence-electron chi connectivity index (χ2n) is 3.19. The van der Waals surface area contributed by atoms with E-state index in [1.165, 1.54) is 0 Å². The number of fused-ring (bicyclic) bond motifs is 3. The summed E-state index contributed by atoms with van der Waals surface area (Å²) in [6.07, 6.45) is 3.44. The molecule has 0 atom stereocenters. The number of nitrogen functional groups attached to an aromatic ring is 1. The zero-order valence-corrected chi connectivity index (χ0v) is 7.40. The van der Waals surface area contributed by atoms with Crippen LogP contribution in [0.1, 0.15) is 0 Å². The third-order valence-electron chi connectivity index (χ3n) is 2.33. The zero-order chi connectivity index (χ0) is 9.54. The highest BCUT2D eigenvalue weighted by Crippen LogP contribution is 2.31. The molecule has 1 aromatic carbocycles. The number of furan rings is 1. The van der Waals surface area contributed by atoms with Crippen LogP contribution in [0.4, 0.5) is 5.69 Å². The summed E-state index contributed by atoms with van der Waals surface area (Å²) in [5.41, 5.74) is 8.22. The van der Waals surface area contributed by atoms with Crippen LogP contribution < -0.4 is 5.73 Å². The van der Waals surface area contributed by atoms with Gasteiger partial charge in [0, 0.05) is 17.3 Å². The van der Waals surface area contributed by atoms with Crippen LogP contribution in [-0.4, -0.2) is 4.98 Å². The van der Waals surface area contributed by atoms with Crippen molar-refractivity contribution in [2.24, 2.45) is 0 Å². The summed E-state index contributed by atoms with van der Waals surface area (Å²) in [5, 5.41) is 2.00. The van der Waals surface area contributed by atoms with Crippen molar-refractivity contribution >= 4 is 27.6 Å². The molecule has 68 valence electrons. The van der Waals surface area contributed by atoms with Gasteiger partial charge in [0.2, 0.25) is 0 Å². The van der Waals surface area contributed by atoms with Crippen molar-refractivity contribution in [1.29, 1.82) is 0 Å². The highest BCUT2D eigenvalue weighted by molar-refractivity contribution is 6.10. The summed E-state index contributed by atoms with van der Waals surface area (Å²) in [6.45, 7) is 0. The molecule has 3 nitrogen and oxygen atoms in total. The largest absolute Gasteiger partial charge is 0.454 e. The predicted octanol–water partition coefficient (Wildman–Crippen LogP) is 2.56. The summed E-state index contributed by atoms with van der Waals surface area (Å²) in [5.74, 6) is 0. The Bertz CT molecular complexity index is 613. The highest BCUT2D eigenvalue weighted by atomic mass is 16.3. The van der Waals surface area contributed by atoms with E-state index in [0.717, 1.165) is 27.6 Å². The van der Waals surface area contributed by atoms with E-state index in [9.17, 15) is 0 Å². The fourth-order valence-electron chi connectivity index (χ4n) is 1.71. The van der Waals surface area contributed by atoms with Crippen LogP contribution in [0.5, 0.6) is 0 Å². The van der Waals surface area contributed by atoms with Crippen LogP contribution in [0, 0.1) is 0 Å². The molecule has 0 aliphatic rings. The molecule has 3 heteroatoms.